The smallest absolute Gasteiger partial charge is 0.0989 e. The largest absolute Gasteiger partial charge is 0.359 e. The predicted octanol–water partition coefficient (Wildman–Crippen LogP) is 3.33. The van der Waals surface area contributed by atoms with Crippen LogP contribution in [-0.2, 0) is 6.54 Å². The molecule has 1 aliphatic rings. The fraction of sp³-hybridized carbons (Fsp3) is 0.500. The van der Waals surface area contributed by atoms with Crippen LogP contribution in [-0.4, -0.2) is 17.8 Å². The third kappa shape index (κ3) is 2.36. The van der Waals surface area contributed by atoms with E-state index in [0.29, 0.717) is 5.92 Å². The Morgan fingerprint density at radius 2 is 2.43 bits per heavy atom. The lowest BCUT2D eigenvalue weighted by atomic mass is 10.3. The average molecular weight is 273 g/mol. The summed E-state index contributed by atoms with van der Waals surface area (Å²) in [5, 5.41) is 10.0. The summed E-state index contributed by atoms with van der Waals surface area (Å²) in [6, 6.07) is 2.13. The average Bonchev–Trinajstić information content (AvgIpc) is 2.91. The maximum absolute atomic E-state index is 7.89. The molecule has 14 heavy (non-hydrogen) atoms. The van der Waals surface area contributed by atoms with Crippen molar-refractivity contribution in [2.24, 2.45) is 5.92 Å². The molecule has 1 fully saturated rings. The van der Waals surface area contributed by atoms with Crippen molar-refractivity contribution in [3.05, 3.63) is 20.8 Å². The van der Waals surface area contributed by atoms with Crippen LogP contribution in [0.4, 0.5) is 0 Å². The summed E-state index contributed by atoms with van der Waals surface area (Å²) in [4.78, 5) is 2.05. The van der Waals surface area contributed by atoms with Gasteiger partial charge < -0.3 is 4.90 Å². The molecule has 0 amide bonds. The number of amidine groups is 1. The highest BCUT2D eigenvalue weighted by Gasteiger charge is 2.28. The van der Waals surface area contributed by atoms with Crippen LogP contribution < -0.4 is 0 Å². The lowest BCUT2D eigenvalue weighted by Gasteiger charge is -2.18. The van der Waals surface area contributed by atoms with Gasteiger partial charge in [-0.3, -0.25) is 5.41 Å². The standard InChI is InChI=1S/C10H13BrN2S/c1-13(10(12)8-2-3-8)5-7-4-9(11)14-6-7/h4,6,8,12H,2-3,5H2,1H3. The van der Waals surface area contributed by atoms with E-state index >= 15 is 0 Å². The number of halogens is 1. The van der Waals surface area contributed by atoms with Crippen molar-refractivity contribution in [2.75, 3.05) is 7.05 Å². The van der Waals surface area contributed by atoms with Gasteiger partial charge in [-0.05, 0) is 45.8 Å². The minimum atomic E-state index is 0.544. The van der Waals surface area contributed by atoms with Gasteiger partial charge in [0.2, 0.25) is 0 Å². The molecule has 0 aliphatic heterocycles. The molecule has 4 heteroatoms. The van der Waals surface area contributed by atoms with Gasteiger partial charge in [0.05, 0.1) is 9.62 Å². The van der Waals surface area contributed by atoms with Gasteiger partial charge in [-0.15, -0.1) is 11.3 Å². The molecular weight excluding hydrogens is 260 g/mol. The molecule has 0 radical (unpaired) electrons. The first-order chi connectivity index (χ1) is 6.66. The van der Waals surface area contributed by atoms with Gasteiger partial charge in [0, 0.05) is 19.5 Å². The van der Waals surface area contributed by atoms with E-state index in [2.05, 4.69) is 27.4 Å². The Hall–Kier alpha value is -0.350. The van der Waals surface area contributed by atoms with Gasteiger partial charge >= 0.3 is 0 Å². The van der Waals surface area contributed by atoms with E-state index in [1.807, 2.05) is 11.9 Å². The molecule has 76 valence electrons. The van der Waals surface area contributed by atoms with Crippen molar-refractivity contribution in [3.8, 4) is 0 Å². The summed E-state index contributed by atoms with van der Waals surface area (Å²) in [5.41, 5.74) is 1.29. The molecule has 0 aromatic carbocycles. The topological polar surface area (TPSA) is 27.1 Å². The van der Waals surface area contributed by atoms with E-state index in [-0.39, 0.29) is 0 Å². The molecule has 1 aliphatic carbocycles. The summed E-state index contributed by atoms with van der Waals surface area (Å²) < 4.78 is 1.17. The van der Waals surface area contributed by atoms with Crippen molar-refractivity contribution < 1.29 is 0 Å². The first-order valence-corrected chi connectivity index (χ1v) is 6.36. The molecule has 0 atom stereocenters. The molecule has 1 N–H and O–H groups in total. The first-order valence-electron chi connectivity index (χ1n) is 4.69. The fourth-order valence-corrected chi connectivity index (χ4v) is 2.66. The van der Waals surface area contributed by atoms with E-state index in [9.17, 15) is 0 Å². The van der Waals surface area contributed by atoms with E-state index in [1.165, 1.54) is 22.2 Å². The maximum atomic E-state index is 7.89. The number of hydrogen-bond donors (Lipinski definition) is 1. The quantitative estimate of drug-likeness (QED) is 0.663. The zero-order valence-electron chi connectivity index (χ0n) is 8.09. The summed E-state index contributed by atoms with van der Waals surface area (Å²) in [7, 11) is 2.01. The Kier molecular flexibility index (Phi) is 2.93. The van der Waals surface area contributed by atoms with Gasteiger partial charge in [-0.1, -0.05) is 0 Å². The molecule has 0 unspecified atom stereocenters. The van der Waals surface area contributed by atoms with Crippen molar-refractivity contribution >= 4 is 33.1 Å². The highest BCUT2D eigenvalue weighted by Crippen LogP contribution is 2.31. The zero-order valence-corrected chi connectivity index (χ0v) is 10.5. The summed E-state index contributed by atoms with van der Waals surface area (Å²) in [6.45, 7) is 0.859. The van der Waals surface area contributed by atoms with Crippen LogP contribution in [0.25, 0.3) is 0 Å². The van der Waals surface area contributed by atoms with Gasteiger partial charge in [0.25, 0.3) is 0 Å². The number of rotatable bonds is 3. The maximum Gasteiger partial charge on any atom is 0.0989 e. The van der Waals surface area contributed by atoms with Crippen LogP contribution in [0.15, 0.2) is 15.2 Å². The van der Waals surface area contributed by atoms with Crippen LogP contribution in [0.1, 0.15) is 18.4 Å². The SMILES string of the molecule is CN(Cc1csc(Br)c1)C(=N)C1CC1. The third-order valence-electron chi connectivity index (χ3n) is 2.42. The molecule has 2 nitrogen and oxygen atoms in total. The van der Waals surface area contributed by atoms with E-state index in [0.717, 1.165) is 12.4 Å². The molecule has 1 saturated carbocycles. The van der Waals surface area contributed by atoms with E-state index in [1.54, 1.807) is 11.3 Å². The summed E-state index contributed by atoms with van der Waals surface area (Å²) in [5.74, 6) is 1.34. The van der Waals surface area contributed by atoms with E-state index < -0.39 is 0 Å². The molecule has 1 aromatic rings. The molecule has 1 heterocycles. The normalized spacial score (nSPS) is 15.6. The second kappa shape index (κ2) is 4.03. The number of nitrogens with zero attached hydrogens (tertiary/aromatic N) is 1. The Balaban J connectivity index is 1.93. The second-order valence-corrected chi connectivity index (χ2v) is 6.07. The molecule has 0 saturated heterocycles. The Labute approximate surface area is 96.6 Å². The van der Waals surface area contributed by atoms with Crippen molar-refractivity contribution in [1.82, 2.24) is 4.90 Å². The lowest BCUT2D eigenvalue weighted by molar-refractivity contribution is 0.482. The van der Waals surface area contributed by atoms with Crippen LogP contribution in [0.5, 0.6) is 0 Å². The highest BCUT2D eigenvalue weighted by molar-refractivity contribution is 9.11. The monoisotopic (exact) mass is 272 g/mol. The number of thiophene rings is 1. The molecule has 2 rings (SSSR count). The number of nitrogens with one attached hydrogen (secondary N) is 1. The Morgan fingerprint density at radius 3 is 2.93 bits per heavy atom. The number of hydrogen-bond acceptors (Lipinski definition) is 2. The zero-order chi connectivity index (χ0) is 10.1. The molecule has 0 spiro atoms. The van der Waals surface area contributed by atoms with Gasteiger partial charge in [-0.2, -0.15) is 0 Å². The van der Waals surface area contributed by atoms with Gasteiger partial charge in [0.15, 0.2) is 0 Å². The Morgan fingerprint density at radius 1 is 1.71 bits per heavy atom. The van der Waals surface area contributed by atoms with E-state index in [4.69, 9.17) is 5.41 Å². The van der Waals surface area contributed by atoms with Crippen molar-refractivity contribution in [3.63, 3.8) is 0 Å². The summed E-state index contributed by atoms with van der Waals surface area (Å²) in [6.07, 6.45) is 2.41. The minimum Gasteiger partial charge on any atom is -0.359 e. The minimum absolute atomic E-state index is 0.544. The Bertz CT molecular complexity index is 344. The predicted molar refractivity (Wildman–Crippen MR) is 63.9 cm³/mol. The van der Waals surface area contributed by atoms with Crippen molar-refractivity contribution in [2.45, 2.75) is 19.4 Å². The van der Waals surface area contributed by atoms with Crippen LogP contribution in [0, 0.1) is 11.3 Å². The molecular formula is C10H13BrN2S. The van der Waals surface area contributed by atoms with Gasteiger partial charge in [-0.25, -0.2) is 0 Å². The molecule has 0 bridgehead atoms. The van der Waals surface area contributed by atoms with Crippen LogP contribution in [0.3, 0.4) is 0 Å². The van der Waals surface area contributed by atoms with Crippen LogP contribution in [0.2, 0.25) is 0 Å². The fourth-order valence-electron chi connectivity index (χ4n) is 1.46. The van der Waals surface area contributed by atoms with Crippen LogP contribution >= 0.6 is 27.3 Å². The van der Waals surface area contributed by atoms with Crippen molar-refractivity contribution in [1.29, 1.82) is 5.41 Å². The lowest BCUT2D eigenvalue weighted by Crippen LogP contribution is -2.26. The second-order valence-electron chi connectivity index (χ2n) is 3.77. The summed E-state index contributed by atoms with van der Waals surface area (Å²) >= 11 is 5.15. The first kappa shape index (κ1) is 10.2. The van der Waals surface area contributed by atoms with Gasteiger partial charge in [0.1, 0.15) is 0 Å². The highest BCUT2D eigenvalue weighted by atomic mass is 79.9. The molecule has 1 aromatic heterocycles. The third-order valence-corrected chi connectivity index (χ3v) is 3.97.